The van der Waals surface area contributed by atoms with Crippen LogP contribution in [0.4, 0.5) is 4.39 Å². The number of phenols is 1. The topological polar surface area (TPSA) is 66.8 Å². The molecule has 2 aliphatic heterocycles. The van der Waals surface area contributed by atoms with Crippen molar-refractivity contribution in [2.24, 2.45) is 23.7 Å². The Bertz CT molecular complexity index is 1120. The number of hydrogen-bond donors (Lipinski definition) is 1. The summed E-state index contributed by atoms with van der Waals surface area (Å²) in [4.78, 5) is 28.9. The minimum absolute atomic E-state index is 0.00792. The van der Waals surface area contributed by atoms with Gasteiger partial charge < -0.3 is 9.84 Å². The first-order chi connectivity index (χ1) is 17.8. The molecule has 1 aromatic rings. The maximum atomic E-state index is 13.8. The van der Waals surface area contributed by atoms with E-state index in [9.17, 15) is 19.1 Å². The molecule has 5 rings (SSSR count). The maximum absolute atomic E-state index is 13.8. The van der Waals surface area contributed by atoms with Gasteiger partial charge in [0.2, 0.25) is 11.8 Å². The van der Waals surface area contributed by atoms with Gasteiger partial charge in [0, 0.05) is 12.0 Å². The number of carbonyl (C=O) groups excluding carboxylic acids is 2. The molecule has 1 N–H and O–H groups in total. The van der Waals surface area contributed by atoms with Gasteiger partial charge in [0.1, 0.15) is 0 Å². The number of nitrogens with zero attached hydrogens (tertiary/aromatic N) is 1. The van der Waals surface area contributed by atoms with Crippen molar-refractivity contribution < 1.29 is 23.8 Å². The van der Waals surface area contributed by atoms with Gasteiger partial charge in [-0.2, -0.15) is 0 Å². The molecule has 5 nitrogen and oxygen atoms in total. The molecule has 0 bridgehead atoms. The van der Waals surface area contributed by atoms with E-state index in [1.165, 1.54) is 35.3 Å². The molecule has 0 radical (unpaired) electrons. The number of carbonyl (C=O) groups is 2. The quantitative estimate of drug-likeness (QED) is 0.341. The van der Waals surface area contributed by atoms with Crippen LogP contribution >= 0.6 is 0 Å². The SMILES string of the molecule is CC/C(=C\c1ccc(O)c(F)c1)CC[C@H]1OC[C@H]2C1=C(C(C)C)C[C@H]1C(=O)N(C3CCCCC3)C(=O)[C@H]12. The molecule has 2 saturated heterocycles. The molecule has 2 amide bonds. The van der Waals surface area contributed by atoms with Gasteiger partial charge in [-0.1, -0.05) is 63.3 Å². The Kier molecular flexibility index (Phi) is 7.58. The number of allylic oxidation sites excluding steroid dienone is 2. The third-order valence-corrected chi connectivity index (χ3v) is 9.14. The third-order valence-electron chi connectivity index (χ3n) is 9.14. The lowest BCUT2D eigenvalue weighted by Gasteiger charge is -2.33. The Morgan fingerprint density at radius 2 is 1.92 bits per heavy atom. The van der Waals surface area contributed by atoms with E-state index in [2.05, 4.69) is 20.8 Å². The molecule has 200 valence electrons. The number of imide groups is 1. The minimum atomic E-state index is -0.618. The Morgan fingerprint density at radius 1 is 1.16 bits per heavy atom. The number of amides is 2. The standard InChI is InChI=1S/C31H40FNO4/c1-4-19(14-20-10-12-26(34)25(32)15-20)11-13-27-28-22(18(2)3)16-23-29(24(28)17-37-27)31(36)33(30(23)35)21-8-6-5-7-9-21/h10,12,14-15,18,21,23-24,27,29,34H,4-9,11,13,16-17H2,1-3H3/b19-14+/t23-,24+,27-,29-/m1/s1. The van der Waals surface area contributed by atoms with Gasteiger partial charge in [-0.3, -0.25) is 14.5 Å². The molecule has 6 heteroatoms. The van der Waals surface area contributed by atoms with Crippen LogP contribution < -0.4 is 0 Å². The van der Waals surface area contributed by atoms with Gasteiger partial charge in [-0.25, -0.2) is 4.39 Å². The lowest BCUT2D eigenvalue weighted by Crippen LogP contribution is -2.42. The molecule has 0 unspecified atom stereocenters. The molecular formula is C31H40FNO4. The minimum Gasteiger partial charge on any atom is -0.505 e. The number of aromatic hydroxyl groups is 1. The molecule has 0 aromatic heterocycles. The monoisotopic (exact) mass is 509 g/mol. The van der Waals surface area contributed by atoms with E-state index in [1.807, 2.05) is 6.08 Å². The summed E-state index contributed by atoms with van der Waals surface area (Å²) in [7, 11) is 0. The zero-order chi connectivity index (χ0) is 26.3. The van der Waals surface area contributed by atoms with Crippen molar-refractivity contribution in [1.29, 1.82) is 0 Å². The summed E-state index contributed by atoms with van der Waals surface area (Å²) in [5.41, 5.74) is 4.50. The lowest BCUT2D eigenvalue weighted by atomic mass is 9.67. The van der Waals surface area contributed by atoms with E-state index in [0.29, 0.717) is 18.9 Å². The van der Waals surface area contributed by atoms with Crippen LogP contribution in [0, 0.1) is 29.5 Å². The summed E-state index contributed by atoms with van der Waals surface area (Å²) < 4.78 is 20.2. The van der Waals surface area contributed by atoms with Crippen molar-refractivity contribution >= 4 is 17.9 Å². The fraction of sp³-hybridized carbons (Fsp3) is 0.613. The molecule has 1 saturated carbocycles. The number of fused-ring (bicyclic) bond motifs is 3. The molecule has 4 aliphatic rings. The number of hydrogen-bond acceptors (Lipinski definition) is 4. The van der Waals surface area contributed by atoms with E-state index < -0.39 is 5.82 Å². The summed E-state index contributed by atoms with van der Waals surface area (Å²) >= 11 is 0. The Balaban J connectivity index is 1.36. The summed E-state index contributed by atoms with van der Waals surface area (Å²) in [6.07, 6.45) is 10.3. The van der Waals surface area contributed by atoms with E-state index in [1.54, 1.807) is 11.0 Å². The van der Waals surface area contributed by atoms with Crippen LogP contribution in [0.25, 0.3) is 6.08 Å². The van der Waals surface area contributed by atoms with Crippen molar-refractivity contribution in [3.63, 3.8) is 0 Å². The highest BCUT2D eigenvalue weighted by atomic mass is 19.1. The van der Waals surface area contributed by atoms with Gasteiger partial charge in [0.25, 0.3) is 0 Å². The number of rotatable bonds is 7. The normalized spacial score (nSPS) is 28.9. The van der Waals surface area contributed by atoms with Crippen molar-refractivity contribution in [2.45, 2.75) is 90.7 Å². The van der Waals surface area contributed by atoms with Crippen molar-refractivity contribution in [3.05, 3.63) is 46.3 Å². The van der Waals surface area contributed by atoms with Gasteiger partial charge in [0.15, 0.2) is 11.6 Å². The Labute approximate surface area is 219 Å². The first kappa shape index (κ1) is 26.1. The number of benzene rings is 1. The average molecular weight is 510 g/mol. The second kappa shape index (κ2) is 10.7. The Hall–Kier alpha value is -2.47. The van der Waals surface area contributed by atoms with Gasteiger partial charge >= 0.3 is 0 Å². The number of ether oxygens (including phenoxy) is 1. The molecule has 1 aromatic carbocycles. The van der Waals surface area contributed by atoms with Crippen LogP contribution in [-0.2, 0) is 14.3 Å². The second-order valence-corrected chi connectivity index (χ2v) is 11.6. The van der Waals surface area contributed by atoms with Crippen LogP contribution in [-0.4, -0.2) is 40.6 Å². The third kappa shape index (κ3) is 4.89. The maximum Gasteiger partial charge on any atom is 0.234 e. The highest BCUT2D eigenvalue weighted by molar-refractivity contribution is 6.06. The lowest BCUT2D eigenvalue weighted by molar-refractivity contribution is -0.143. The van der Waals surface area contributed by atoms with Gasteiger partial charge in [0.05, 0.1) is 24.5 Å². The molecule has 0 spiro atoms. The van der Waals surface area contributed by atoms with Crippen LogP contribution in [0.1, 0.15) is 84.1 Å². The molecule has 2 aliphatic carbocycles. The van der Waals surface area contributed by atoms with Crippen molar-refractivity contribution in [2.75, 3.05) is 6.61 Å². The van der Waals surface area contributed by atoms with Crippen molar-refractivity contribution in [3.8, 4) is 5.75 Å². The average Bonchev–Trinajstić information content (AvgIpc) is 3.42. The fourth-order valence-electron chi connectivity index (χ4n) is 7.20. The van der Waals surface area contributed by atoms with Crippen LogP contribution in [0.3, 0.4) is 0 Å². The summed E-state index contributed by atoms with van der Waals surface area (Å²) in [6.45, 7) is 6.97. The van der Waals surface area contributed by atoms with E-state index in [0.717, 1.165) is 50.5 Å². The van der Waals surface area contributed by atoms with Gasteiger partial charge in [-0.05, 0) is 67.7 Å². The van der Waals surface area contributed by atoms with Crippen LogP contribution in [0.15, 0.2) is 34.9 Å². The zero-order valence-corrected chi connectivity index (χ0v) is 22.3. The molecular weight excluding hydrogens is 469 g/mol. The molecule has 2 heterocycles. The first-order valence-electron chi connectivity index (χ1n) is 14.2. The first-order valence-corrected chi connectivity index (χ1v) is 14.2. The van der Waals surface area contributed by atoms with E-state index >= 15 is 0 Å². The largest absolute Gasteiger partial charge is 0.505 e. The van der Waals surface area contributed by atoms with E-state index in [4.69, 9.17) is 4.74 Å². The molecule has 4 atom stereocenters. The fourth-order valence-corrected chi connectivity index (χ4v) is 7.20. The second-order valence-electron chi connectivity index (χ2n) is 11.6. The van der Waals surface area contributed by atoms with Crippen molar-refractivity contribution in [1.82, 2.24) is 4.90 Å². The molecule has 3 fully saturated rings. The van der Waals surface area contributed by atoms with Crippen LogP contribution in [0.2, 0.25) is 0 Å². The zero-order valence-electron chi connectivity index (χ0n) is 22.3. The number of likely N-dealkylation sites (tertiary alicyclic amines) is 1. The van der Waals surface area contributed by atoms with Gasteiger partial charge in [-0.15, -0.1) is 0 Å². The predicted molar refractivity (Wildman–Crippen MR) is 141 cm³/mol. The van der Waals surface area contributed by atoms with Crippen LogP contribution in [0.5, 0.6) is 5.75 Å². The molecule has 37 heavy (non-hydrogen) atoms. The summed E-state index contributed by atoms with van der Waals surface area (Å²) in [5, 5.41) is 9.49. The smallest absolute Gasteiger partial charge is 0.234 e. The number of phenolic OH excluding ortho intramolecular Hbond substituents is 1. The summed E-state index contributed by atoms with van der Waals surface area (Å²) in [6, 6.07) is 4.53. The summed E-state index contributed by atoms with van der Waals surface area (Å²) in [5.74, 6) is -1.09. The van der Waals surface area contributed by atoms with E-state index in [-0.39, 0.29) is 47.5 Å². The highest BCUT2D eigenvalue weighted by Crippen LogP contribution is 2.52. The Morgan fingerprint density at radius 3 is 2.59 bits per heavy atom. The highest BCUT2D eigenvalue weighted by Gasteiger charge is 2.58. The predicted octanol–water partition coefficient (Wildman–Crippen LogP) is 6.41. The number of halogens is 1.